The molecule has 252 valence electrons. The summed E-state index contributed by atoms with van der Waals surface area (Å²) in [5.74, 6) is 0.650. The van der Waals surface area contributed by atoms with Gasteiger partial charge < -0.3 is 4.42 Å². The molecule has 0 spiro atoms. The monoisotopic (exact) mass is 707 g/mol. The highest BCUT2D eigenvalue weighted by atomic mass is 32.1. The van der Waals surface area contributed by atoms with E-state index in [1.807, 2.05) is 47.9 Å². The van der Waals surface area contributed by atoms with E-state index in [9.17, 15) is 0 Å². The summed E-state index contributed by atoms with van der Waals surface area (Å²) >= 11 is 1.84. The molecule has 11 rings (SSSR count). The number of hydrogen-bond donors (Lipinski definition) is 0. The molecule has 0 unspecified atom stereocenters. The first kappa shape index (κ1) is 30.7. The third-order valence-corrected chi connectivity index (χ3v) is 11.6. The fraction of sp³-hybridized carbons (Fsp3) is 0. The van der Waals surface area contributed by atoms with E-state index in [1.165, 1.54) is 25.7 Å². The first-order valence-electron chi connectivity index (χ1n) is 18.0. The fourth-order valence-electron chi connectivity index (χ4n) is 7.82. The van der Waals surface area contributed by atoms with Crippen molar-refractivity contribution in [3.63, 3.8) is 0 Å². The van der Waals surface area contributed by atoms with E-state index in [0.29, 0.717) is 5.82 Å². The van der Waals surface area contributed by atoms with Crippen LogP contribution >= 0.6 is 11.3 Å². The Balaban J connectivity index is 1.11. The number of pyridine rings is 1. The standard InChI is InChI=1S/C49H29N3OS/c1-2-11-31(12-3-1)41-29-42(52-49(51-41)33-24-22-30(23-25-33)34-17-8-13-32-14-10-28-50-46(32)34)39-27-26-36(45-40-16-4-6-20-43(40)53-47(39)45)38-19-9-18-37-35-15-5-7-21-44(35)54-48(37)38/h1-29H. The minimum absolute atomic E-state index is 0.650. The topological polar surface area (TPSA) is 51.8 Å². The van der Waals surface area contributed by atoms with E-state index in [2.05, 4.69) is 145 Å². The first-order chi connectivity index (χ1) is 26.8. The van der Waals surface area contributed by atoms with E-state index < -0.39 is 0 Å². The van der Waals surface area contributed by atoms with Gasteiger partial charge in [0.2, 0.25) is 0 Å². The zero-order valence-corrected chi connectivity index (χ0v) is 29.7. The van der Waals surface area contributed by atoms with Gasteiger partial charge in [0.25, 0.3) is 0 Å². The van der Waals surface area contributed by atoms with Gasteiger partial charge >= 0.3 is 0 Å². The van der Waals surface area contributed by atoms with Crippen molar-refractivity contribution in [3.05, 3.63) is 176 Å². The van der Waals surface area contributed by atoms with Crippen LogP contribution in [0.1, 0.15) is 0 Å². The Labute approximate surface area is 314 Å². The largest absolute Gasteiger partial charge is 0.455 e. The molecule has 5 heteroatoms. The van der Waals surface area contributed by atoms with Crippen molar-refractivity contribution >= 4 is 64.4 Å². The molecule has 0 atom stereocenters. The summed E-state index contributed by atoms with van der Waals surface area (Å²) in [5.41, 5.74) is 11.7. The molecule has 0 aliphatic heterocycles. The molecule has 4 nitrogen and oxygen atoms in total. The van der Waals surface area contributed by atoms with Crippen LogP contribution in [0.4, 0.5) is 0 Å². The summed E-state index contributed by atoms with van der Waals surface area (Å²) in [5, 5.41) is 5.84. The maximum Gasteiger partial charge on any atom is 0.160 e. The van der Waals surface area contributed by atoms with Crippen LogP contribution in [0.2, 0.25) is 0 Å². The fourth-order valence-corrected chi connectivity index (χ4v) is 9.05. The van der Waals surface area contributed by atoms with Crippen LogP contribution in [-0.4, -0.2) is 15.0 Å². The summed E-state index contributed by atoms with van der Waals surface area (Å²) in [4.78, 5) is 15.1. The molecule has 0 aliphatic rings. The van der Waals surface area contributed by atoms with Gasteiger partial charge in [0.1, 0.15) is 11.2 Å². The summed E-state index contributed by atoms with van der Waals surface area (Å²) in [6.07, 6.45) is 1.85. The van der Waals surface area contributed by atoms with Crippen molar-refractivity contribution in [2.24, 2.45) is 0 Å². The lowest BCUT2D eigenvalue weighted by atomic mass is 9.95. The number of hydrogen-bond acceptors (Lipinski definition) is 5. The van der Waals surface area contributed by atoms with Crippen LogP contribution < -0.4 is 0 Å². The van der Waals surface area contributed by atoms with Gasteiger partial charge in [0.05, 0.1) is 16.9 Å². The summed E-state index contributed by atoms with van der Waals surface area (Å²) in [6, 6.07) is 59.3. The summed E-state index contributed by atoms with van der Waals surface area (Å²) < 4.78 is 9.36. The Hall–Kier alpha value is -6.95. The number of para-hydroxylation sites is 2. The SMILES string of the molecule is c1ccc(-c2cc(-c3ccc(-c4cccc5c4sc4ccccc45)c4c3oc3ccccc34)nc(-c3ccc(-c4cccc5cccnc45)cc3)n2)cc1. The minimum atomic E-state index is 0.650. The Morgan fingerprint density at radius 3 is 2.07 bits per heavy atom. The van der Waals surface area contributed by atoms with Crippen LogP contribution in [0.15, 0.2) is 180 Å². The second kappa shape index (κ2) is 12.3. The van der Waals surface area contributed by atoms with Gasteiger partial charge in [-0.1, -0.05) is 140 Å². The predicted octanol–water partition coefficient (Wildman–Crippen LogP) is 13.6. The average Bonchev–Trinajstić information content (AvgIpc) is 3.83. The van der Waals surface area contributed by atoms with Crippen LogP contribution in [0, 0.1) is 0 Å². The maximum atomic E-state index is 6.80. The Morgan fingerprint density at radius 1 is 0.463 bits per heavy atom. The average molecular weight is 708 g/mol. The van der Waals surface area contributed by atoms with Crippen molar-refractivity contribution in [1.82, 2.24) is 15.0 Å². The Bertz CT molecular complexity index is 3210. The third-order valence-electron chi connectivity index (χ3n) is 10.4. The molecule has 0 saturated heterocycles. The zero-order valence-electron chi connectivity index (χ0n) is 28.9. The van der Waals surface area contributed by atoms with Crippen molar-refractivity contribution < 1.29 is 4.42 Å². The Morgan fingerprint density at radius 2 is 1.17 bits per heavy atom. The maximum absolute atomic E-state index is 6.80. The van der Waals surface area contributed by atoms with E-state index in [1.54, 1.807) is 0 Å². The van der Waals surface area contributed by atoms with Gasteiger partial charge in [-0.25, -0.2) is 9.97 Å². The number of fused-ring (bicyclic) bond motifs is 7. The molecular formula is C49H29N3OS. The number of benzene rings is 7. The van der Waals surface area contributed by atoms with Crippen molar-refractivity contribution in [1.29, 1.82) is 0 Å². The van der Waals surface area contributed by atoms with Crippen LogP contribution in [0.25, 0.3) is 109 Å². The molecule has 0 radical (unpaired) electrons. The lowest BCUT2D eigenvalue weighted by Gasteiger charge is -2.12. The quantitative estimate of drug-likeness (QED) is 0.179. The summed E-state index contributed by atoms with van der Waals surface area (Å²) in [6.45, 7) is 0. The van der Waals surface area contributed by atoms with E-state index in [4.69, 9.17) is 14.4 Å². The smallest absolute Gasteiger partial charge is 0.160 e. The highest BCUT2D eigenvalue weighted by Crippen LogP contribution is 2.46. The third kappa shape index (κ3) is 4.94. The highest BCUT2D eigenvalue weighted by molar-refractivity contribution is 7.26. The number of rotatable bonds is 5. The molecule has 0 N–H and O–H groups in total. The Kier molecular flexibility index (Phi) is 7.00. The van der Waals surface area contributed by atoms with Crippen molar-refractivity contribution in [2.45, 2.75) is 0 Å². The summed E-state index contributed by atoms with van der Waals surface area (Å²) in [7, 11) is 0. The van der Waals surface area contributed by atoms with Crippen molar-refractivity contribution in [3.8, 4) is 56.2 Å². The van der Waals surface area contributed by atoms with Gasteiger partial charge in [-0.15, -0.1) is 11.3 Å². The number of aromatic nitrogens is 3. The molecule has 7 aromatic carbocycles. The van der Waals surface area contributed by atoms with Gasteiger partial charge in [-0.05, 0) is 41.5 Å². The molecule has 4 heterocycles. The van der Waals surface area contributed by atoms with E-state index >= 15 is 0 Å². The lowest BCUT2D eigenvalue weighted by molar-refractivity contribution is 0.670. The van der Waals surface area contributed by atoms with Gasteiger partial charge in [-0.3, -0.25) is 4.98 Å². The molecular weight excluding hydrogens is 679 g/mol. The minimum Gasteiger partial charge on any atom is -0.455 e. The number of thiophene rings is 1. The molecule has 0 fully saturated rings. The van der Waals surface area contributed by atoms with Crippen LogP contribution in [0.5, 0.6) is 0 Å². The second-order valence-electron chi connectivity index (χ2n) is 13.5. The molecule has 0 bridgehead atoms. The van der Waals surface area contributed by atoms with E-state index in [-0.39, 0.29) is 0 Å². The second-order valence-corrected chi connectivity index (χ2v) is 14.6. The normalized spacial score (nSPS) is 11.7. The first-order valence-corrected chi connectivity index (χ1v) is 18.8. The molecule has 54 heavy (non-hydrogen) atoms. The number of nitrogens with zero attached hydrogens (tertiary/aromatic N) is 3. The van der Waals surface area contributed by atoms with Gasteiger partial charge in [0.15, 0.2) is 5.82 Å². The van der Waals surface area contributed by atoms with Crippen LogP contribution in [0.3, 0.4) is 0 Å². The molecule has 0 aliphatic carbocycles. The number of furan rings is 1. The molecule has 0 saturated carbocycles. The lowest BCUT2D eigenvalue weighted by Crippen LogP contribution is -1.96. The highest BCUT2D eigenvalue weighted by Gasteiger charge is 2.21. The zero-order chi connectivity index (χ0) is 35.6. The van der Waals surface area contributed by atoms with E-state index in [0.717, 1.165) is 77.6 Å². The molecule has 4 aromatic heterocycles. The van der Waals surface area contributed by atoms with Crippen LogP contribution in [-0.2, 0) is 0 Å². The van der Waals surface area contributed by atoms with Gasteiger partial charge in [0, 0.05) is 70.3 Å². The molecule has 11 aromatic rings. The van der Waals surface area contributed by atoms with Gasteiger partial charge in [-0.2, -0.15) is 0 Å². The molecule has 0 amide bonds. The predicted molar refractivity (Wildman–Crippen MR) is 225 cm³/mol. The van der Waals surface area contributed by atoms with Crippen molar-refractivity contribution in [2.75, 3.05) is 0 Å².